The predicted molar refractivity (Wildman–Crippen MR) is 84.3 cm³/mol. The van der Waals surface area contributed by atoms with E-state index < -0.39 is 0 Å². The Morgan fingerprint density at radius 1 is 1.14 bits per heavy atom. The smallest absolute Gasteiger partial charge is 0.306 e. The van der Waals surface area contributed by atoms with E-state index in [0.717, 1.165) is 24.0 Å². The van der Waals surface area contributed by atoms with Gasteiger partial charge in [-0.1, -0.05) is 48.5 Å². The van der Waals surface area contributed by atoms with Crippen LogP contribution < -0.4 is 0 Å². The zero-order valence-electron chi connectivity index (χ0n) is 12.5. The Morgan fingerprint density at radius 2 is 1.95 bits per heavy atom. The van der Waals surface area contributed by atoms with Gasteiger partial charge in [0.1, 0.15) is 6.61 Å². The molecular formula is C19H20O3. The lowest BCUT2D eigenvalue weighted by Crippen LogP contribution is -2.09. The zero-order valence-corrected chi connectivity index (χ0v) is 12.5. The van der Waals surface area contributed by atoms with Crippen LogP contribution in [0.4, 0.5) is 0 Å². The summed E-state index contributed by atoms with van der Waals surface area (Å²) in [7, 11) is 0. The van der Waals surface area contributed by atoms with E-state index in [0.29, 0.717) is 13.0 Å². The van der Waals surface area contributed by atoms with E-state index in [1.807, 2.05) is 48.5 Å². The second-order valence-corrected chi connectivity index (χ2v) is 5.78. The van der Waals surface area contributed by atoms with E-state index >= 15 is 0 Å². The van der Waals surface area contributed by atoms with Crippen LogP contribution in [0.3, 0.4) is 0 Å². The molecule has 114 valence electrons. The molecule has 1 aliphatic rings. The zero-order chi connectivity index (χ0) is 15.4. The van der Waals surface area contributed by atoms with Gasteiger partial charge < -0.3 is 9.84 Å². The largest absolute Gasteiger partial charge is 0.461 e. The van der Waals surface area contributed by atoms with Crippen molar-refractivity contribution in [3.05, 3.63) is 70.8 Å². The van der Waals surface area contributed by atoms with E-state index in [2.05, 4.69) is 0 Å². The summed E-state index contributed by atoms with van der Waals surface area (Å²) in [5, 5.41) is 9.18. The molecule has 3 nitrogen and oxygen atoms in total. The fourth-order valence-corrected chi connectivity index (χ4v) is 3.07. The van der Waals surface area contributed by atoms with Crippen LogP contribution in [0.5, 0.6) is 0 Å². The van der Waals surface area contributed by atoms with Gasteiger partial charge in [-0.05, 0) is 41.0 Å². The molecule has 2 aromatic rings. The minimum Gasteiger partial charge on any atom is -0.461 e. The van der Waals surface area contributed by atoms with E-state index in [4.69, 9.17) is 4.74 Å². The van der Waals surface area contributed by atoms with E-state index in [9.17, 15) is 9.90 Å². The van der Waals surface area contributed by atoms with Crippen LogP contribution >= 0.6 is 0 Å². The first-order valence-electron chi connectivity index (χ1n) is 7.68. The van der Waals surface area contributed by atoms with Crippen LogP contribution in [-0.4, -0.2) is 11.1 Å². The van der Waals surface area contributed by atoms with Crippen molar-refractivity contribution in [1.29, 1.82) is 0 Å². The van der Waals surface area contributed by atoms with Gasteiger partial charge in [0.25, 0.3) is 0 Å². The number of carbonyl (C=O) groups is 1. The first kappa shape index (κ1) is 14.8. The quantitative estimate of drug-likeness (QED) is 0.861. The number of aliphatic hydroxyl groups excluding tert-OH is 1. The van der Waals surface area contributed by atoms with Crippen LogP contribution in [0, 0.1) is 0 Å². The van der Waals surface area contributed by atoms with Crippen molar-refractivity contribution in [2.24, 2.45) is 0 Å². The molecule has 0 saturated heterocycles. The number of hydrogen-bond donors (Lipinski definition) is 1. The molecule has 1 aliphatic carbocycles. The summed E-state index contributed by atoms with van der Waals surface area (Å²) in [6.07, 6.45) is 2.38. The highest BCUT2D eigenvalue weighted by atomic mass is 16.5. The maximum Gasteiger partial charge on any atom is 0.306 e. The van der Waals surface area contributed by atoms with Gasteiger partial charge >= 0.3 is 5.97 Å². The second kappa shape index (κ2) is 6.75. The molecule has 0 bridgehead atoms. The summed E-state index contributed by atoms with van der Waals surface area (Å²) in [6.45, 7) is 0.403. The highest BCUT2D eigenvalue weighted by Crippen LogP contribution is 2.36. The number of aliphatic hydroxyl groups is 1. The lowest BCUT2D eigenvalue weighted by atomic mass is 9.97. The minimum atomic E-state index is -0.145. The molecule has 22 heavy (non-hydrogen) atoms. The molecule has 3 rings (SSSR count). The van der Waals surface area contributed by atoms with Gasteiger partial charge in [0.2, 0.25) is 0 Å². The highest BCUT2D eigenvalue weighted by Gasteiger charge is 2.25. The topological polar surface area (TPSA) is 46.5 Å². The van der Waals surface area contributed by atoms with E-state index in [1.165, 1.54) is 11.1 Å². The summed E-state index contributed by atoms with van der Waals surface area (Å²) in [5.74, 6) is 0.0963. The molecule has 0 aromatic heterocycles. The number of rotatable bonds is 5. The molecule has 1 atom stereocenters. The van der Waals surface area contributed by atoms with Gasteiger partial charge in [-0.3, -0.25) is 4.79 Å². The highest BCUT2D eigenvalue weighted by molar-refractivity contribution is 5.71. The van der Waals surface area contributed by atoms with Gasteiger partial charge in [0.05, 0.1) is 13.0 Å². The SMILES string of the molecule is O=C(CC1CCc2cc(CO)ccc21)OCc1ccccc1. The Balaban J connectivity index is 1.57. The van der Waals surface area contributed by atoms with Gasteiger partial charge in [-0.2, -0.15) is 0 Å². The Hall–Kier alpha value is -2.13. The summed E-state index contributed by atoms with van der Waals surface area (Å²) in [6, 6.07) is 15.8. The van der Waals surface area contributed by atoms with Crippen molar-refractivity contribution >= 4 is 5.97 Å². The van der Waals surface area contributed by atoms with Crippen molar-refractivity contribution in [3.63, 3.8) is 0 Å². The van der Waals surface area contributed by atoms with Crippen molar-refractivity contribution in [1.82, 2.24) is 0 Å². The number of carbonyl (C=O) groups excluding carboxylic acids is 1. The fourth-order valence-electron chi connectivity index (χ4n) is 3.07. The van der Waals surface area contributed by atoms with Crippen molar-refractivity contribution in [2.75, 3.05) is 0 Å². The third kappa shape index (κ3) is 3.37. The monoisotopic (exact) mass is 296 g/mol. The van der Waals surface area contributed by atoms with Crippen molar-refractivity contribution < 1.29 is 14.6 Å². The number of benzene rings is 2. The number of fused-ring (bicyclic) bond motifs is 1. The van der Waals surface area contributed by atoms with Gasteiger partial charge in [-0.25, -0.2) is 0 Å². The van der Waals surface area contributed by atoms with Crippen LogP contribution in [0.1, 0.15) is 41.0 Å². The molecule has 0 fully saturated rings. The molecular weight excluding hydrogens is 276 g/mol. The normalized spacial score (nSPS) is 16.3. The summed E-state index contributed by atoms with van der Waals surface area (Å²) in [4.78, 5) is 12.0. The van der Waals surface area contributed by atoms with Gasteiger partial charge in [0.15, 0.2) is 0 Å². The summed E-state index contributed by atoms with van der Waals surface area (Å²) in [5.41, 5.74) is 4.43. The van der Waals surface area contributed by atoms with Crippen LogP contribution in [0.25, 0.3) is 0 Å². The average molecular weight is 296 g/mol. The molecule has 0 saturated carbocycles. The first-order chi connectivity index (χ1) is 10.8. The van der Waals surface area contributed by atoms with Crippen molar-refractivity contribution in [2.45, 2.75) is 38.4 Å². The number of aryl methyl sites for hydroxylation is 1. The molecule has 0 heterocycles. The molecule has 0 amide bonds. The predicted octanol–water partition coefficient (Wildman–Crippen LogP) is 3.34. The minimum absolute atomic E-state index is 0.0665. The third-order valence-electron chi connectivity index (χ3n) is 4.25. The van der Waals surface area contributed by atoms with Gasteiger partial charge in [0, 0.05) is 0 Å². The lowest BCUT2D eigenvalue weighted by Gasteiger charge is -2.12. The Morgan fingerprint density at radius 3 is 2.73 bits per heavy atom. The summed E-state index contributed by atoms with van der Waals surface area (Å²) < 4.78 is 5.37. The number of esters is 1. The van der Waals surface area contributed by atoms with Crippen LogP contribution in [0.15, 0.2) is 48.5 Å². The van der Waals surface area contributed by atoms with Crippen LogP contribution in [0.2, 0.25) is 0 Å². The molecule has 1 N–H and O–H groups in total. The second-order valence-electron chi connectivity index (χ2n) is 5.78. The molecule has 3 heteroatoms. The van der Waals surface area contributed by atoms with Crippen molar-refractivity contribution in [3.8, 4) is 0 Å². The summed E-state index contributed by atoms with van der Waals surface area (Å²) >= 11 is 0. The number of ether oxygens (including phenoxy) is 1. The van der Waals surface area contributed by atoms with E-state index in [-0.39, 0.29) is 18.5 Å². The number of hydrogen-bond acceptors (Lipinski definition) is 3. The van der Waals surface area contributed by atoms with E-state index in [1.54, 1.807) is 0 Å². The standard InChI is InChI=1S/C19H20O3/c20-12-15-6-9-18-16(10-15)7-8-17(18)11-19(21)22-13-14-4-2-1-3-5-14/h1-6,9-10,17,20H,7-8,11-13H2. The Labute approximate surface area is 130 Å². The lowest BCUT2D eigenvalue weighted by molar-refractivity contribution is -0.145. The van der Waals surface area contributed by atoms with Gasteiger partial charge in [-0.15, -0.1) is 0 Å². The molecule has 0 aliphatic heterocycles. The Kier molecular flexibility index (Phi) is 4.54. The van der Waals surface area contributed by atoms with Crippen LogP contribution in [-0.2, 0) is 29.2 Å². The molecule has 2 aromatic carbocycles. The third-order valence-corrected chi connectivity index (χ3v) is 4.25. The molecule has 1 unspecified atom stereocenters. The fraction of sp³-hybridized carbons (Fsp3) is 0.316. The maximum atomic E-state index is 12.0. The maximum absolute atomic E-state index is 12.0. The average Bonchev–Trinajstić information content (AvgIpc) is 2.96. The molecule has 0 radical (unpaired) electrons. The first-order valence-corrected chi connectivity index (χ1v) is 7.68. The molecule has 0 spiro atoms. The Bertz CT molecular complexity index is 649.